The minimum Gasteiger partial charge on any atom is -0.462 e. The molecule has 21 heavy (non-hydrogen) atoms. The zero-order valence-corrected chi connectivity index (χ0v) is 13.0. The Bertz CT molecular complexity index is 634. The van der Waals surface area contributed by atoms with Crippen molar-refractivity contribution in [2.75, 3.05) is 6.61 Å². The Morgan fingerprint density at radius 1 is 1.52 bits per heavy atom. The molecule has 2 heterocycles. The summed E-state index contributed by atoms with van der Waals surface area (Å²) in [7, 11) is 0. The number of hydrogen-bond donors (Lipinski definition) is 3. The van der Waals surface area contributed by atoms with Gasteiger partial charge in [-0.3, -0.25) is 5.41 Å². The molecule has 0 fully saturated rings. The van der Waals surface area contributed by atoms with Crippen LogP contribution in [0.4, 0.5) is 0 Å². The quantitative estimate of drug-likeness (QED) is 0.321. The Morgan fingerprint density at radius 2 is 2.24 bits per heavy atom. The van der Waals surface area contributed by atoms with Crippen molar-refractivity contribution in [3.05, 3.63) is 27.3 Å². The van der Waals surface area contributed by atoms with E-state index >= 15 is 0 Å². The second kappa shape index (κ2) is 6.08. The standard InChI is InChI=1S/C12H18N6O2S/c1-4-8-7(3)21(18-6-15-16-17-18)10(11(13)14)9(8)12(19)20-5-2/h6,21H,4-5H2,1-3H3,(H3,13,14). The first-order chi connectivity index (χ1) is 10.0. The van der Waals surface area contributed by atoms with Gasteiger partial charge in [0.15, 0.2) is 0 Å². The molecule has 1 aliphatic rings. The number of nitrogens with zero attached hydrogens (tertiary/aromatic N) is 4. The lowest BCUT2D eigenvalue weighted by molar-refractivity contribution is -0.138. The lowest BCUT2D eigenvalue weighted by Crippen LogP contribution is -2.19. The number of rotatable bonds is 5. The summed E-state index contributed by atoms with van der Waals surface area (Å²) in [6, 6.07) is 0. The van der Waals surface area contributed by atoms with Crippen LogP contribution >= 0.6 is 11.1 Å². The van der Waals surface area contributed by atoms with Gasteiger partial charge in [-0.25, -0.2) is 4.79 Å². The summed E-state index contributed by atoms with van der Waals surface area (Å²) in [5, 5.41) is 19.0. The number of amidine groups is 1. The van der Waals surface area contributed by atoms with Crippen molar-refractivity contribution in [2.45, 2.75) is 27.2 Å². The highest BCUT2D eigenvalue weighted by atomic mass is 32.2. The van der Waals surface area contributed by atoms with Crippen LogP contribution in [0, 0.1) is 5.41 Å². The van der Waals surface area contributed by atoms with Crippen LogP contribution in [0.5, 0.6) is 0 Å². The van der Waals surface area contributed by atoms with E-state index in [0.29, 0.717) is 16.9 Å². The molecule has 0 amide bonds. The van der Waals surface area contributed by atoms with Gasteiger partial charge in [0.1, 0.15) is 12.2 Å². The summed E-state index contributed by atoms with van der Waals surface area (Å²) in [5.74, 6) is -0.598. The summed E-state index contributed by atoms with van der Waals surface area (Å²) < 4.78 is 6.68. The zero-order chi connectivity index (χ0) is 15.6. The number of tetrazole rings is 1. The molecule has 8 nitrogen and oxygen atoms in total. The predicted octanol–water partition coefficient (Wildman–Crippen LogP) is 0.888. The molecule has 9 heteroatoms. The average molecular weight is 310 g/mol. The molecule has 0 saturated carbocycles. The molecular weight excluding hydrogens is 292 g/mol. The van der Waals surface area contributed by atoms with Crippen LogP contribution in [-0.2, 0) is 9.53 Å². The smallest absolute Gasteiger partial charge is 0.339 e. The molecular formula is C12H18N6O2S. The fourth-order valence-corrected chi connectivity index (χ4v) is 4.64. The van der Waals surface area contributed by atoms with E-state index in [1.165, 1.54) is 6.33 Å². The van der Waals surface area contributed by atoms with Crippen molar-refractivity contribution in [1.29, 1.82) is 5.41 Å². The van der Waals surface area contributed by atoms with Gasteiger partial charge in [-0.1, -0.05) is 18.0 Å². The van der Waals surface area contributed by atoms with E-state index in [0.717, 1.165) is 10.5 Å². The summed E-state index contributed by atoms with van der Waals surface area (Å²) in [6.45, 7) is 5.88. The zero-order valence-electron chi connectivity index (χ0n) is 12.1. The molecule has 0 spiro atoms. The number of hydrogen-bond acceptors (Lipinski definition) is 6. The first kappa shape index (κ1) is 15.2. The molecule has 1 aliphatic heterocycles. The molecule has 3 N–H and O–H groups in total. The van der Waals surface area contributed by atoms with Gasteiger partial charge >= 0.3 is 5.97 Å². The van der Waals surface area contributed by atoms with E-state index in [1.807, 2.05) is 13.8 Å². The van der Waals surface area contributed by atoms with Crippen LogP contribution < -0.4 is 5.73 Å². The van der Waals surface area contributed by atoms with Gasteiger partial charge in [0, 0.05) is 0 Å². The van der Waals surface area contributed by atoms with Crippen molar-refractivity contribution in [2.24, 2.45) is 5.73 Å². The third-order valence-corrected chi connectivity index (χ3v) is 5.52. The molecule has 2 rings (SSSR count). The fourth-order valence-electron chi connectivity index (χ4n) is 2.33. The molecule has 1 aromatic heterocycles. The number of thiol groups is 1. The first-order valence-corrected chi connectivity index (χ1v) is 7.81. The third kappa shape index (κ3) is 2.56. The van der Waals surface area contributed by atoms with Gasteiger partial charge in [-0.2, -0.15) is 4.09 Å². The maximum atomic E-state index is 12.3. The average Bonchev–Trinajstić information content (AvgIpc) is 3.03. The van der Waals surface area contributed by atoms with Gasteiger partial charge in [0.25, 0.3) is 0 Å². The number of nitrogens with two attached hydrogens (primary N) is 1. The Kier molecular flexibility index (Phi) is 4.41. The molecule has 1 aromatic rings. The summed E-state index contributed by atoms with van der Waals surface area (Å²) >= 11 is -1.21. The predicted molar refractivity (Wildman–Crippen MR) is 80.8 cm³/mol. The minimum atomic E-state index is -1.21. The monoisotopic (exact) mass is 310 g/mol. The number of allylic oxidation sites excluding steroid dienone is 1. The maximum Gasteiger partial charge on any atom is 0.339 e. The first-order valence-electron chi connectivity index (χ1n) is 6.52. The Balaban J connectivity index is 2.63. The lowest BCUT2D eigenvalue weighted by Gasteiger charge is -2.20. The number of carbonyl (C=O) groups excluding carboxylic acids is 1. The summed E-state index contributed by atoms with van der Waals surface area (Å²) in [5.41, 5.74) is 6.98. The van der Waals surface area contributed by atoms with Gasteiger partial charge in [0.05, 0.1) is 17.1 Å². The van der Waals surface area contributed by atoms with Crippen LogP contribution in [0.25, 0.3) is 0 Å². The summed E-state index contributed by atoms with van der Waals surface area (Å²) in [4.78, 5) is 13.7. The maximum absolute atomic E-state index is 12.3. The highest BCUT2D eigenvalue weighted by Crippen LogP contribution is 2.54. The van der Waals surface area contributed by atoms with Crippen molar-refractivity contribution in [3.63, 3.8) is 0 Å². The van der Waals surface area contributed by atoms with Gasteiger partial charge in [0.2, 0.25) is 0 Å². The van der Waals surface area contributed by atoms with Crippen LogP contribution in [0.15, 0.2) is 27.3 Å². The van der Waals surface area contributed by atoms with Gasteiger partial charge in [-0.15, -0.1) is 5.10 Å². The van der Waals surface area contributed by atoms with Gasteiger partial charge in [-0.05, 0) is 41.2 Å². The normalized spacial score (nSPS) is 20.0. The van der Waals surface area contributed by atoms with Crippen LogP contribution in [0.1, 0.15) is 27.2 Å². The number of carbonyl (C=O) groups is 1. The second-order valence-corrected chi connectivity index (χ2v) is 6.47. The molecule has 0 aliphatic carbocycles. The van der Waals surface area contributed by atoms with E-state index in [4.69, 9.17) is 15.9 Å². The molecule has 0 saturated heterocycles. The van der Waals surface area contributed by atoms with Crippen LogP contribution in [-0.4, -0.2) is 38.0 Å². The van der Waals surface area contributed by atoms with E-state index in [2.05, 4.69) is 15.5 Å². The Morgan fingerprint density at radius 3 is 2.71 bits per heavy atom. The molecule has 114 valence electrons. The molecule has 1 unspecified atom stereocenters. The fraction of sp³-hybridized carbons (Fsp3) is 0.417. The molecule has 0 bridgehead atoms. The minimum absolute atomic E-state index is 0.150. The molecule has 0 aromatic carbocycles. The SMILES string of the molecule is CCOC(=O)C1=C(C(=N)N)[SH](n2cnnn2)C(C)=C1CC. The highest BCUT2D eigenvalue weighted by Gasteiger charge is 2.36. The number of nitrogens with one attached hydrogen (secondary N) is 1. The van der Waals surface area contributed by atoms with E-state index in [1.54, 1.807) is 11.0 Å². The topological polar surface area (TPSA) is 120 Å². The lowest BCUT2D eigenvalue weighted by atomic mass is 10.0. The number of aromatic nitrogens is 4. The molecule has 0 radical (unpaired) electrons. The Labute approximate surface area is 125 Å². The van der Waals surface area contributed by atoms with E-state index in [-0.39, 0.29) is 12.4 Å². The van der Waals surface area contributed by atoms with Crippen LogP contribution in [0.2, 0.25) is 0 Å². The third-order valence-electron chi connectivity index (χ3n) is 3.14. The second-order valence-electron chi connectivity index (χ2n) is 4.32. The van der Waals surface area contributed by atoms with Crippen molar-refractivity contribution in [1.82, 2.24) is 19.6 Å². The van der Waals surface area contributed by atoms with Gasteiger partial charge < -0.3 is 10.5 Å². The molecule has 1 atom stereocenters. The highest BCUT2D eigenvalue weighted by molar-refractivity contribution is 8.23. The van der Waals surface area contributed by atoms with Crippen molar-refractivity contribution < 1.29 is 9.53 Å². The summed E-state index contributed by atoms with van der Waals surface area (Å²) in [6.07, 6.45) is 2.12. The van der Waals surface area contributed by atoms with E-state index < -0.39 is 17.1 Å². The van der Waals surface area contributed by atoms with Crippen molar-refractivity contribution >= 4 is 22.9 Å². The number of esters is 1. The van der Waals surface area contributed by atoms with Crippen molar-refractivity contribution in [3.8, 4) is 0 Å². The van der Waals surface area contributed by atoms with Crippen LogP contribution in [0.3, 0.4) is 0 Å². The van der Waals surface area contributed by atoms with E-state index in [9.17, 15) is 4.79 Å². The number of ether oxygens (including phenoxy) is 1. The Hall–Kier alpha value is -2.16. The largest absolute Gasteiger partial charge is 0.462 e.